The van der Waals surface area contributed by atoms with Gasteiger partial charge in [0.1, 0.15) is 5.92 Å². The molecule has 15 heavy (non-hydrogen) atoms. The maximum Gasteiger partial charge on any atom is 0.237 e. The van der Waals surface area contributed by atoms with Crippen molar-refractivity contribution in [1.82, 2.24) is 5.32 Å². The van der Waals surface area contributed by atoms with Gasteiger partial charge >= 0.3 is 0 Å². The third kappa shape index (κ3) is 6.11. The fourth-order valence-electron chi connectivity index (χ4n) is 1.33. The molecule has 0 aliphatic heterocycles. The largest absolute Gasteiger partial charge is 0.353 e. The van der Waals surface area contributed by atoms with Crippen molar-refractivity contribution in [2.24, 2.45) is 11.8 Å². The number of rotatable bonds is 6. The summed E-state index contributed by atoms with van der Waals surface area (Å²) in [5.41, 5.74) is 0. The Balaban J connectivity index is 3.91. The Labute approximate surface area is 92.9 Å². The molecule has 0 radical (unpaired) electrons. The van der Waals surface area contributed by atoms with Crippen LogP contribution in [-0.2, 0) is 4.79 Å². The van der Waals surface area contributed by atoms with Crippen LogP contribution >= 0.6 is 0 Å². The predicted molar refractivity (Wildman–Crippen MR) is 61.1 cm³/mol. The van der Waals surface area contributed by atoms with E-state index in [0.29, 0.717) is 12.3 Å². The van der Waals surface area contributed by atoms with Gasteiger partial charge in [0, 0.05) is 6.04 Å². The minimum Gasteiger partial charge on any atom is -0.353 e. The van der Waals surface area contributed by atoms with Crippen LogP contribution in [-0.4, -0.2) is 11.9 Å². The van der Waals surface area contributed by atoms with Gasteiger partial charge < -0.3 is 5.32 Å². The quantitative estimate of drug-likeness (QED) is 0.732. The molecule has 0 fully saturated rings. The molecule has 0 saturated heterocycles. The normalized spacial score (nSPS) is 14.4. The number of nitrogens with one attached hydrogen (secondary N) is 1. The molecule has 0 saturated carbocycles. The van der Waals surface area contributed by atoms with Gasteiger partial charge in [0.05, 0.1) is 6.07 Å². The number of hydrogen-bond donors (Lipinski definition) is 1. The fraction of sp³-hybridized carbons (Fsp3) is 0.833. The second-order valence-electron chi connectivity index (χ2n) is 4.47. The lowest BCUT2D eigenvalue weighted by atomic mass is 10.0. The smallest absolute Gasteiger partial charge is 0.237 e. The maximum atomic E-state index is 11.5. The topological polar surface area (TPSA) is 52.9 Å². The lowest BCUT2D eigenvalue weighted by molar-refractivity contribution is -0.124. The highest BCUT2D eigenvalue weighted by Crippen LogP contribution is 2.08. The zero-order valence-corrected chi connectivity index (χ0v) is 10.2. The van der Waals surface area contributed by atoms with Crippen LogP contribution in [0.5, 0.6) is 0 Å². The molecular weight excluding hydrogens is 188 g/mol. The van der Waals surface area contributed by atoms with E-state index in [1.807, 2.05) is 19.9 Å². The number of carbonyl (C=O) groups excluding carboxylic acids is 1. The van der Waals surface area contributed by atoms with Crippen LogP contribution in [0.2, 0.25) is 0 Å². The SMILES string of the molecule is CCC(C#N)C(=O)NC(C)CCC(C)C. The van der Waals surface area contributed by atoms with Crippen LogP contribution in [0.25, 0.3) is 0 Å². The van der Waals surface area contributed by atoms with E-state index in [1.54, 1.807) is 0 Å². The van der Waals surface area contributed by atoms with Gasteiger partial charge in [0.25, 0.3) is 0 Å². The summed E-state index contributed by atoms with van der Waals surface area (Å²) in [4.78, 5) is 11.5. The third-order valence-electron chi connectivity index (χ3n) is 2.45. The molecular formula is C12H22N2O. The van der Waals surface area contributed by atoms with E-state index in [0.717, 1.165) is 12.8 Å². The first-order valence-corrected chi connectivity index (χ1v) is 5.71. The number of amides is 1. The highest BCUT2D eigenvalue weighted by atomic mass is 16.1. The van der Waals surface area contributed by atoms with Crippen molar-refractivity contribution in [1.29, 1.82) is 5.26 Å². The second-order valence-corrected chi connectivity index (χ2v) is 4.47. The third-order valence-corrected chi connectivity index (χ3v) is 2.45. The zero-order chi connectivity index (χ0) is 11.8. The van der Waals surface area contributed by atoms with Crippen LogP contribution < -0.4 is 5.32 Å². The molecule has 0 aromatic carbocycles. The summed E-state index contributed by atoms with van der Waals surface area (Å²) in [6, 6.07) is 2.18. The van der Waals surface area contributed by atoms with Gasteiger partial charge in [-0.15, -0.1) is 0 Å². The van der Waals surface area contributed by atoms with Crippen molar-refractivity contribution in [2.75, 3.05) is 0 Å². The van der Waals surface area contributed by atoms with E-state index in [4.69, 9.17) is 5.26 Å². The molecule has 3 nitrogen and oxygen atoms in total. The molecule has 0 spiro atoms. The van der Waals surface area contributed by atoms with Crippen LogP contribution in [0.3, 0.4) is 0 Å². The average Bonchev–Trinajstić information content (AvgIpc) is 2.16. The molecule has 2 unspecified atom stereocenters. The molecule has 0 rings (SSSR count). The molecule has 2 atom stereocenters. The maximum absolute atomic E-state index is 11.5. The Morgan fingerprint density at radius 3 is 2.33 bits per heavy atom. The molecule has 0 aromatic rings. The lowest BCUT2D eigenvalue weighted by Crippen LogP contribution is -2.36. The number of nitriles is 1. The van der Waals surface area contributed by atoms with Crippen molar-refractivity contribution in [3.8, 4) is 6.07 Å². The van der Waals surface area contributed by atoms with Crippen molar-refractivity contribution < 1.29 is 4.79 Å². The number of hydrogen-bond acceptors (Lipinski definition) is 2. The van der Waals surface area contributed by atoms with Crippen molar-refractivity contribution >= 4 is 5.91 Å². The summed E-state index contributed by atoms with van der Waals surface area (Å²) in [5, 5.41) is 11.6. The summed E-state index contributed by atoms with van der Waals surface area (Å²) in [5.74, 6) is 0.0325. The van der Waals surface area contributed by atoms with Crippen molar-refractivity contribution in [3.05, 3.63) is 0 Å². The molecule has 0 aromatic heterocycles. The van der Waals surface area contributed by atoms with Crippen LogP contribution in [0.1, 0.15) is 47.0 Å². The van der Waals surface area contributed by atoms with E-state index >= 15 is 0 Å². The Kier molecular flexibility index (Phi) is 6.77. The van der Waals surface area contributed by atoms with E-state index < -0.39 is 5.92 Å². The first-order chi connectivity index (χ1) is 7.01. The van der Waals surface area contributed by atoms with Crippen LogP contribution in [0.15, 0.2) is 0 Å². The Bertz CT molecular complexity index is 230. The van der Waals surface area contributed by atoms with Crippen LogP contribution in [0, 0.1) is 23.2 Å². The summed E-state index contributed by atoms with van der Waals surface area (Å²) >= 11 is 0. The van der Waals surface area contributed by atoms with Gasteiger partial charge in [0.15, 0.2) is 0 Å². The first-order valence-electron chi connectivity index (χ1n) is 5.71. The van der Waals surface area contributed by atoms with Crippen molar-refractivity contribution in [2.45, 2.75) is 53.0 Å². The molecule has 0 aliphatic rings. The molecule has 0 heterocycles. The highest BCUT2D eigenvalue weighted by molar-refractivity contribution is 5.81. The van der Waals surface area contributed by atoms with Gasteiger partial charge in [0.2, 0.25) is 5.91 Å². The monoisotopic (exact) mass is 210 g/mol. The minimum absolute atomic E-state index is 0.128. The standard InChI is InChI=1S/C12H22N2O/c1-5-11(8-13)12(15)14-10(4)7-6-9(2)3/h9-11H,5-7H2,1-4H3,(H,14,15). The summed E-state index contributed by atoms with van der Waals surface area (Å²) < 4.78 is 0. The molecule has 0 aliphatic carbocycles. The van der Waals surface area contributed by atoms with E-state index in [-0.39, 0.29) is 11.9 Å². The van der Waals surface area contributed by atoms with Crippen LogP contribution in [0.4, 0.5) is 0 Å². The second kappa shape index (κ2) is 7.28. The molecule has 3 heteroatoms. The summed E-state index contributed by atoms with van der Waals surface area (Å²) in [6.45, 7) is 8.17. The Morgan fingerprint density at radius 1 is 1.33 bits per heavy atom. The number of nitrogens with zero attached hydrogens (tertiary/aromatic N) is 1. The van der Waals surface area contributed by atoms with Gasteiger partial charge in [-0.25, -0.2) is 0 Å². The lowest BCUT2D eigenvalue weighted by Gasteiger charge is -2.16. The first kappa shape index (κ1) is 14.0. The minimum atomic E-state index is -0.494. The molecule has 1 amide bonds. The van der Waals surface area contributed by atoms with Crippen molar-refractivity contribution in [3.63, 3.8) is 0 Å². The van der Waals surface area contributed by atoms with Gasteiger partial charge in [-0.3, -0.25) is 4.79 Å². The molecule has 86 valence electrons. The number of carbonyl (C=O) groups is 1. The van der Waals surface area contributed by atoms with E-state index in [9.17, 15) is 4.79 Å². The molecule has 0 bridgehead atoms. The van der Waals surface area contributed by atoms with E-state index in [1.165, 1.54) is 0 Å². The molecule has 1 N–H and O–H groups in total. The van der Waals surface area contributed by atoms with Gasteiger partial charge in [-0.05, 0) is 32.1 Å². The Morgan fingerprint density at radius 2 is 1.93 bits per heavy atom. The zero-order valence-electron chi connectivity index (χ0n) is 10.2. The van der Waals surface area contributed by atoms with E-state index in [2.05, 4.69) is 19.2 Å². The Hall–Kier alpha value is -1.04. The van der Waals surface area contributed by atoms with Gasteiger partial charge in [-0.1, -0.05) is 20.8 Å². The highest BCUT2D eigenvalue weighted by Gasteiger charge is 2.17. The average molecular weight is 210 g/mol. The predicted octanol–water partition coefficient (Wildman–Crippen LogP) is 2.48. The fourth-order valence-corrected chi connectivity index (χ4v) is 1.33. The van der Waals surface area contributed by atoms with Gasteiger partial charge in [-0.2, -0.15) is 5.26 Å². The summed E-state index contributed by atoms with van der Waals surface area (Å²) in [7, 11) is 0. The summed E-state index contributed by atoms with van der Waals surface area (Å²) in [6.07, 6.45) is 2.66.